The van der Waals surface area contributed by atoms with E-state index >= 15 is 0 Å². The largest absolute Gasteiger partial charge is 0.285 e. The average molecular weight is 366 g/mol. The van der Waals surface area contributed by atoms with Crippen molar-refractivity contribution in [1.29, 1.82) is 0 Å². The summed E-state index contributed by atoms with van der Waals surface area (Å²) in [5, 5.41) is 1.81. The summed E-state index contributed by atoms with van der Waals surface area (Å²) in [5.74, 6) is -1.57. The van der Waals surface area contributed by atoms with E-state index in [-0.39, 0.29) is 15.4 Å². The van der Waals surface area contributed by atoms with Crippen LogP contribution in [0.5, 0.6) is 0 Å². The van der Waals surface area contributed by atoms with Crippen LogP contribution in [0.15, 0.2) is 59.5 Å². The molecular formula is C18H10N2O3S2. The Morgan fingerprint density at radius 2 is 1.32 bits per heavy atom. The van der Waals surface area contributed by atoms with Crippen LogP contribution in [0, 0.1) is 0 Å². The molecule has 0 radical (unpaired) electrons. The van der Waals surface area contributed by atoms with Gasteiger partial charge in [0.25, 0.3) is 17.7 Å². The second-order valence-electron chi connectivity index (χ2n) is 5.37. The SMILES string of the molecule is O=C1/C(=C/c2ccccc2)SC(=S)N1N1C(=O)c2ccccc2C1=O. The highest BCUT2D eigenvalue weighted by atomic mass is 32.2. The van der Waals surface area contributed by atoms with Gasteiger partial charge < -0.3 is 0 Å². The molecule has 0 aromatic heterocycles. The quantitative estimate of drug-likeness (QED) is 0.464. The minimum atomic E-state index is -0.544. The Hall–Kier alpha value is -2.77. The highest BCUT2D eigenvalue weighted by Crippen LogP contribution is 2.36. The number of nitrogens with zero attached hydrogens (tertiary/aromatic N) is 2. The molecule has 7 heteroatoms. The standard InChI is InChI=1S/C18H10N2O3S2/c21-15-12-8-4-5-9-13(12)16(22)19(15)20-17(23)14(25-18(20)24)10-11-6-2-1-3-7-11/h1-10H/b14-10-. The van der Waals surface area contributed by atoms with Crippen molar-refractivity contribution in [1.82, 2.24) is 10.0 Å². The molecule has 0 saturated carbocycles. The van der Waals surface area contributed by atoms with Crippen LogP contribution < -0.4 is 0 Å². The lowest BCUT2D eigenvalue weighted by atomic mass is 10.1. The van der Waals surface area contributed by atoms with Crippen LogP contribution in [0.2, 0.25) is 0 Å². The molecule has 2 heterocycles. The number of imide groups is 1. The van der Waals surface area contributed by atoms with E-state index in [2.05, 4.69) is 0 Å². The van der Waals surface area contributed by atoms with Gasteiger partial charge in [0.05, 0.1) is 16.0 Å². The lowest BCUT2D eigenvalue weighted by Gasteiger charge is -2.23. The molecule has 25 heavy (non-hydrogen) atoms. The molecule has 1 saturated heterocycles. The second kappa shape index (κ2) is 5.94. The van der Waals surface area contributed by atoms with Crippen LogP contribution in [0.1, 0.15) is 26.3 Å². The summed E-state index contributed by atoms with van der Waals surface area (Å²) in [6, 6.07) is 15.8. The number of fused-ring (bicyclic) bond motifs is 1. The number of thiocarbonyl (C=S) groups is 1. The number of hydrogen-bond donors (Lipinski definition) is 0. The van der Waals surface area contributed by atoms with Gasteiger partial charge in [-0.05, 0) is 36.0 Å². The highest BCUT2D eigenvalue weighted by Gasteiger charge is 2.46. The van der Waals surface area contributed by atoms with Crippen molar-refractivity contribution in [2.75, 3.05) is 0 Å². The van der Waals surface area contributed by atoms with Gasteiger partial charge in [-0.25, -0.2) is 0 Å². The number of amides is 3. The maximum absolute atomic E-state index is 12.8. The van der Waals surface area contributed by atoms with Crippen LogP contribution in [-0.4, -0.2) is 32.1 Å². The molecule has 0 unspecified atom stereocenters. The lowest BCUT2D eigenvalue weighted by molar-refractivity contribution is -0.128. The number of hydrazine groups is 1. The highest BCUT2D eigenvalue weighted by molar-refractivity contribution is 8.26. The zero-order chi connectivity index (χ0) is 17.6. The Morgan fingerprint density at radius 1 is 0.760 bits per heavy atom. The molecule has 122 valence electrons. The minimum absolute atomic E-state index is 0.154. The summed E-state index contributed by atoms with van der Waals surface area (Å²) >= 11 is 6.31. The molecule has 1 fully saturated rings. The molecule has 3 amide bonds. The van der Waals surface area contributed by atoms with E-state index in [1.165, 1.54) is 0 Å². The molecule has 0 atom stereocenters. The van der Waals surface area contributed by atoms with Crippen molar-refractivity contribution in [2.45, 2.75) is 0 Å². The summed E-state index contributed by atoms with van der Waals surface area (Å²) < 4.78 is 0.154. The normalized spacial score (nSPS) is 18.5. The summed E-state index contributed by atoms with van der Waals surface area (Å²) in [4.78, 5) is 38.3. The fourth-order valence-electron chi connectivity index (χ4n) is 2.69. The molecule has 5 nitrogen and oxygen atoms in total. The predicted molar refractivity (Wildman–Crippen MR) is 98.4 cm³/mol. The van der Waals surface area contributed by atoms with Crippen molar-refractivity contribution in [3.8, 4) is 0 Å². The number of benzene rings is 2. The number of carbonyl (C=O) groups excluding carboxylic acids is 3. The number of hydrogen-bond acceptors (Lipinski definition) is 5. The minimum Gasteiger partial charge on any atom is -0.267 e. The summed E-state index contributed by atoms with van der Waals surface area (Å²) in [7, 11) is 0. The van der Waals surface area contributed by atoms with E-state index in [1.54, 1.807) is 30.3 Å². The first kappa shape index (κ1) is 15.7. The van der Waals surface area contributed by atoms with Crippen molar-refractivity contribution < 1.29 is 14.4 Å². The first-order chi connectivity index (χ1) is 12.1. The molecule has 2 aromatic rings. The van der Waals surface area contributed by atoms with Crippen LogP contribution in [0.4, 0.5) is 0 Å². The van der Waals surface area contributed by atoms with E-state index in [0.29, 0.717) is 4.91 Å². The lowest BCUT2D eigenvalue weighted by Crippen LogP contribution is -2.48. The molecular weight excluding hydrogens is 356 g/mol. The van der Waals surface area contributed by atoms with Gasteiger partial charge >= 0.3 is 0 Å². The Morgan fingerprint density at radius 3 is 1.92 bits per heavy atom. The monoisotopic (exact) mass is 366 g/mol. The number of carbonyl (C=O) groups is 3. The zero-order valence-corrected chi connectivity index (χ0v) is 14.3. The van der Waals surface area contributed by atoms with Crippen molar-refractivity contribution in [3.05, 3.63) is 76.2 Å². The topological polar surface area (TPSA) is 57.7 Å². The fraction of sp³-hybridized carbons (Fsp3) is 0. The van der Waals surface area contributed by atoms with E-state index in [0.717, 1.165) is 27.3 Å². The van der Waals surface area contributed by atoms with Crippen LogP contribution >= 0.6 is 24.0 Å². The molecule has 2 aromatic carbocycles. The Bertz CT molecular complexity index is 934. The first-order valence-electron chi connectivity index (χ1n) is 7.38. The van der Waals surface area contributed by atoms with Crippen molar-refractivity contribution in [2.24, 2.45) is 0 Å². The van der Waals surface area contributed by atoms with Gasteiger partial charge in [-0.15, -0.1) is 0 Å². The third kappa shape index (κ3) is 2.48. The number of rotatable bonds is 2. The molecule has 2 aliphatic rings. The van der Waals surface area contributed by atoms with Crippen LogP contribution in [-0.2, 0) is 4.79 Å². The summed E-state index contributed by atoms with van der Waals surface area (Å²) in [6.45, 7) is 0. The van der Waals surface area contributed by atoms with Gasteiger partial charge in [0.1, 0.15) is 0 Å². The van der Waals surface area contributed by atoms with Crippen LogP contribution in [0.25, 0.3) is 6.08 Å². The van der Waals surface area contributed by atoms with Gasteiger partial charge in [0.15, 0.2) is 4.32 Å². The third-order valence-electron chi connectivity index (χ3n) is 3.84. The van der Waals surface area contributed by atoms with Gasteiger partial charge in [-0.1, -0.05) is 54.2 Å². The van der Waals surface area contributed by atoms with Gasteiger partial charge in [0, 0.05) is 0 Å². The second-order valence-corrected chi connectivity index (χ2v) is 7.05. The average Bonchev–Trinajstić information content (AvgIpc) is 3.03. The molecule has 0 spiro atoms. The summed E-state index contributed by atoms with van der Waals surface area (Å²) in [5.41, 5.74) is 1.38. The maximum atomic E-state index is 12.8. The van der Waals surface area contributed by atoms with Crippen molar-refractivity contribution >= 4 is 52.1 Å². The van der Waals surface area contributed by atoms with Gasteiger partial charge in [0.2, 0.25) is 0 Å². The Labute approximate surface area is 152 Å². The molecule has 0 bridgehead atoms. The smallest absolute Gasteiger partial charge is 0.267 e. The van der Waals surface area contributed by atoms with Crippen LogP contribution in [0.3, 0.4) is 0 Å². The van der Waals surface area contributed by atoms with Gasteiger partial charge in [-0.2, -0.15) is 10.0 Å². The van der Waals surface area contributed by atoms with Gasteiger partial charge in [-0.3, -0.25) is 14.4 Å². The Kier molecular flexibility index (Phi) is 3.74. The van der Waals surface area contributed by atoms with E-state index in [4.69, 9.17) is 12.2 Å². The zero-order valence-electron chi connectivity index (χ0n) is 12.7. The summed E-state index contributed by atoms with van der Waals surface area (Å²) in [6.07, 6.45) is 1.69. The molecule has 0 N–H and O–H groups in total. The first-order valence-corrected chi connectivity index (χ1v) is 8.61. The number of thioether (sulfide) groups is 1. The third-order valence-corrected chi connectivity index (χ3v) is 5.13. The maximum Gasteiger partial charge on any atom is 0.285 e. The van der Waals surface area contributed by atoms with E-state index < -0.39 is 17.7 Å². The molecule has 4 rings (SSSR count). The fourth-order valence-corrected chi connectivity index (χ4v) is 3.93. The molecule has 0 aliphatic carbocycles. The Balaban J connectivity index is 1.70. The predicted octanol–water partition coefficient (Wildman–Crippen LogP) is 3.10. The van der Waals surface area contributed by atoms with E-state index in [9.17, 15) is 14.4 Å². The van der Waals surface area contributed by atoms with E-state index in [1.807, 2.05) is 30.3 Å². The molecule has 2 aliphatic heterocycles. The van der Waals surface area contributed by atoms with Crippen molar-refractivity contribution in [3.63, 3.8) is 0 Å².